The monoisotopic (exact) mass is 355 g/mol. The quantitative estimate of drug-likeness (QED) is 0.627. The number of halogens is 2. The molecule has 112 valence electrons. The topological polar surface area (TPSA) is 57.0 Å². The number of pyridine rings is 1. The molecule has 1 aliphatic rings. The van der Waals surface area contributed by atoms with Crippen molar-refractivity contribution in [3.63, 3.8) is 0 Å². The highest BCUT2D eigenvalue weighted by molar-refractivity contribution is 9.10. The molecule has 1 saturated carbocycles. The predicted molar refractivity (Wildman–Crippen MR) is 78.6 cm³/mol. The lowest BCUT2D eigenvalue weighted by molar-refractivity contribution is -0.168. The zero-order chi connectivity index (χ0) is 15.2. The van der Waals surface area contributed by atoms with Crippen molar-refractivity contribution in [1.29, 1.82) is 0 Å². The van der Waals surface area contributed by atoms with Gasteiger partial charge in [-0.2, -0.15) is 5.10 Å². The Morgan fingerprint density at radius 1 is 1.52 bits per heavy atom. The van der Waals surface area contributed by atoms with E-state index >= 15 is 0 Å². The maximum Gasteiger partial charge on any atom is 0.334 e. The Bertz CT molecular complexity index is 695. The fraction of sp³-hybridized carbons (Fsp3) is 0.500. The predicted octanol–water partition coefficient (Wildman–Crippen LogP) is 2.97. The van der Waals surface area contributed by atoms with Gasteiger partial charge in [-0.25, -0.2) is 18.9 Å². The number of rotatable bonds is 3. The summed E-state index contributed by atoms with van der Waals surface area (Å²) in [7, 11) is 0. The van der Waals surface area contributed by atoms with Gasteiger partial charge >= 0.3 is 5.97 Å². The van der Waals surface area contributed by atoms with Crippen LogP contribution in [0.5, 0.6) is 0 Å². The first kappa shape index (κ1) is 14.4. The van der Waals surface area contributed by atoms with Crippen LogP contribution in [-0.2, 0) is 15.1 Å². The Morgan fingerprint density at radius 2 is 2.24 bits per heavy atom. The normalized spacial score (nSPS) is 25.1. The van der Waals surface area contributed by atoms with Crippen LogP contribution in [0.3, 0.4) is 0 Å². The van der Waals surface area contributed by atoms with E-state index in [1.165, 1.54) is 4.68 Å². The molecule has 2 aromatic heterocycles. The number of ether oxygens (including phenoxy) is 1. The Labute approximate surface area is 129 Å². The fourth-order valence-corrected chi connectivity index (χ4v) is 2.92. The molecule has 0 spiro atoms. The molecule has 1 fully saturated rings. The maximum atomic E-state index is 13.5. The number of alkyl halides is 1. The van der Waals surface area contributed by atoms with E-state index < -0.39 is 17.7 Å². The molecule has 0 aromatic carbocycles. The smallest absolute Gasteiger partial charge is 0.334 e. The van der Waals surface area contributed by atoms with Crippen LogP contribution in [0.15, 0.2) is 22.9 Å². The number of aromatic nitrogens is 3. The zero-order valence-corrected chi connectivity index (χ0v) is 13.3. The molecular formula is C14H15BrFN3O2. The summed E-state index contributed by atoms with van der Waals surface area (Å²) in [6, 6.07) is 3.65. The van der Waals surface area contributed by atoms with E-state index in [9.17, 15) is 9.18 Å². The molecule has 0 bridgehead atoms. The second kappa shape index (κ2) is 5.05. The van der Waals surface area contributed by atoms with Crippen LogP contribution in [0, 0.1) is 0 Å². The highest BCUT2D eigenvalue weighted by atomic mass is 79.9. The summed E-state index contributed by atoms with van der Waals surface area (Å²) in [5.74, 6) is -0.446. The minimum atomic E-state index is -1.08. The number of carbonyl (C=O) groups excluding carboxylic acids is 1. The molecule has 0 aliphatic heterocycles. The van der Waals surface area contributed by atoms with E-state index in [0.29, 0.717) is 10.3 Å². The maximum absolute atomic E-state index is 13.5. The first-order valence-corrected chi connectivity index (χ1v) is 7.57. The van der Waals surface area contributed by atoms with Gasteiger partial charge in [0.2, 0.25) is 0 Å². The van der Waals surface area contributed by atoms with Gasteiger partial charge in [-0.05, 0) is 41.9 Å². The van der Waals surface area contributed by atoms with Crippen molar-refractivity contribution >= 4 is 32.9 Å². The van der Waals surface area contributed by atoms with Crippen LogP contribution in [0.2, 0.25) is 0 Å². The van der Waals surface area contributed by atoms with Gasteiger partial charge in [-0.1, -0.05) is 0 Å². The van der Waals surface area contributed by atoms with Gasteiger partial charge in [0.25, 0.3) is 0 Å². The van der Waals surface area contributed by atoms with E-state index in [1.807, 2.05) is 6.07 Å². The van der Waals surface area contributed by atoms with Crippen LogP contribution < -0.4 is 0 Å². The summed E-state index contributed by atoms with van der Waals surface area (Å²) in [4.78, 5) is 16.8. The van der Waals surface area contributed by atoms with Crippen molar-refractivity contribution in [1.82, 2.24) is 14.8 Å². The number of hydrogen-bond acceptors (Lipinski definition) is 4. The van der Waals surface area contributed by atoms with Gasteiger partial charge in [-0.15, -0.1) is 0 Å². The Morgan fingerprint density at radius 3 is 2.86 bits per heavy atom. The Kier molecular flexibility index (Phi) is 3.47. The summed E-state index contributed by atoms with van der Waals surface area (Å²) in [5, 5.41) is 5.06. The highest BCUT2D eigenvalue weighted by Gasteiger charge is 2.55. The van der Waals surface area contributed by atoms with Crippen molar-refractivity contribution in [2.45, 2.75) is 44.5 Å². The summed E-state index contributed by atoms with van der Waals surface area (Å²) in [6.45, 7) is 3.54. The van der Waals surface area contributed by atoms with Crippen molar-refractivity contribution < 1.29 is 13.9 Å². The second-order valence-electron chi connectivity index (χ2n) is 5.59. The fourth-order valence-electron chi connectivity index (χ4n) is 2.62. The molecule has 0 saturated heterocycles. The molecule has 0 atom stereocenters. The van der Waals surface area contributed by atoms with E-state index in [4.69, 9.17) is 4.74 Å². The average Bonchev–Trinajstić information content (AvgIpc) is 2.76. The molecule has 7 heteroatoms. The number of fused-ring (bicyclic) bond motifs is 1. The van der Waals surface area contributed by atoms with Gasteiger partial charge in [0.1, 0.15) is 10.8 Å². The lowest BCUT2D eigenvalue weighted by Gasteiger charge is -2.42. The third-order valence-electron chi connectivity index (χ3n) is 3.63. The Hall–Kier alpha value is -1.50. The summed E-state index contributed by atoms with van der Waals surface area (Å²) in [5.41, 5.74) is -0.531. The molecule has 5 nitrogen and oxygen atoms in total. The number of carbonyl (C=O) groups is 1. The van der Waals surface area contributed by atoms with E-state index in [0.717, 1.165) is 5.39 Å². The number of nitrogens with zero attached hydrogens (tertiary/aromatic N) is 3. The summed E-state index contributed by atoms with van der Waals surface area (Å²) < 4.78 is 21.0. The lowest BCUT2D eigenvalue weighted by atomic mass is 9.75. The second-order valence-corrected chi connectivity index (χ2v) is 6.41. The van der Waals surface area contributed by atoms with Crippen molar-refractivity contribution in [3.8, 4) is 0 Å². The van der Waals surface area contributed by atoms with Crippen molar-refractivity contribution in [3.05, 3.63) is 22.9 Å². The molecule has 1 aliphatic carbocycles. The number of esters is 1. The van der Waals surface area contributed by atoms with Crippen molar-refractivity contribution in [2.75, 3.05) is 0 Å². The minimum Gasteiger partial charge on any atom is -0.461 e. The van der Waals surface area contributed by atoms with Crippen LogP contribution in [0.1, 0.15) is 26.7 Å². The summed E-state index contributed by atoms with van der Waals surface area (Å²) >= 11 is 3.30. The number of hydrogen-bond donors (Lipinski definition) is 0. The molecule has 0 radical (unpaired) electrons. The molecule has 2 heterocycles. The van der Waals surface area contributed by atoms with Gasteiger partial charge in [-0.3, -0.25) is 0 Å². The minimum absolute atomic E-state index is 0.0729. The molecule has 21 heavy (non-hydrogen) atoms. The van der Waals surface area contributed by atoms with E-state index in [2.05, 4.69) is 26.0 Å². The molecule has 0 unspecified atom stereocenters. The highest BCUT2D eigenvalue weighted by Crippen LogP contribution is 2.43. The van der Waals surface area contributed by atoms with E-state index in [1.54, 1.807) is 26.1 Å². The van der Waals surface area contributed by atoms with E-state index in [-0.39, 0.29) is 18.9 Å². The molecule has 3 rings (SSSR count). The molecule has 0 amide bonds. The molecular weight excluding hydrogens is 341 g/mol. The Balaban J connectivity index is 2.08. The first-order valence-electron chi connectivity index (χ1n) is 6.78. The zero-order valence-electron chi connectivity index (χ0n) is 11.7. The van der Waals surface area contributed by atoms with Crippen molar-refractivity contribution in [2.24, 2.45) is 0 Å². The summed E-state index contributed by atoms with van der Waals surface area (Å²) in [6.07, 6.45) is 0.503. The van der Waals surface area contributed by atoms with Gasteiger partial charge in [0.05, 0.1) is 12.3 Å². The average molecular weight is 356 g/mol. The van der Waals surface area contributed by atoms with Crippen LogP contribution in [-0.4, -0.2) is 33.0 Å². The first-order chi connectivity index (χ1) is 9.92. The van der Waals surface area contributed by atoms with Crippen LogP contribution in [0.25, 0.3) is 11.0 Å². The third-order valence-corrected chi connectivity index (χ3v) is 4.07. The molecule has 0 N–H and O–H groups in total. The lowest BCUT2D eigenvalue weighted by Crippen LogP contribution is -2.55. The standard InChI is InChI=1S/C14H15BrFN3O2/c1-8(2)21-13(20)14(5-10(16)6-14)19-12-9(7-17-19)3-4-11(15)18-12/h3-4,7-8,10H,5-6H2,1-2H3. The van der Waals surface area contributed by atoms with Crippen LogP contribution in [0.4, 0.5) is 4.39 Å². The van der Waals surface area contributed by atoms with Gasteiger partial charge < -0.3 is 4.74 Å². The van der Waals surface area contributed by atoms with Gasteiger partial charge in [0, 0.05) is 18.2 Å². The third kappa shape index (κ3) is 2.33. The van der Waals surface area contributed by atoms with Crippen LogP contribution >= 0.6 is 15.9 Å². The SMILES string of the molecule is CC(C)OC(=O)C1(n2ncc3ccc(Br)nc32)CC(F)C1. The van der Waals surface area contributed by atoms with Gasteiger partial charge in [0.15, 0.2) is 11.2 Å². The largest absolute Gasteiger partial charge is 0.461 e. The molecule has 2 aromatic rings.